The first-order valence-electron chi connectivity index (χ1n) is 14.0. The van der Waals surface area contributed by atoms with Crippen LogP contribution >= 0.6 is 23.2 Å². The molecule has 1 heterocycles. The molecule has 0 aliphatic carbocycles. The van der Waals surface area contributed by atoms with Crippen LogP contribution in [0.4, 0.5) is 45.0 Å². The van der Waals surface area contributed by atoms with Gasteiger partial charge in [0.2, 0.25) is 11.9 Å². The Morgan fingerprint density at radius 3 is 2.30 bits per heavy atom. The first-order chi connectivity index (χ1) is 21.8. The molecule has 0 spiro atoms. The highest BCUT2D eigenvalue weighted by Crippen LogP contribution is 2.37. The van der Waals surface area contributed by atoms with Crippen molar-refractivity contribution in [2.45, 2.75) is 40.1 Å². The molecule has 0 radical (unpaired) electrons. The Bertz CT molecular complexity index is 1790. The molecule has 47 heavy (non-hydrogen) atoms. The molecule has 3 aromatic carbocycles. The van der Waals surface area contributed by atoms with Crippen molar-refractivity contribution in [3.63, 3.8) is 0 Å². The van der Waals surface area contributed by atoms with Gasteiger partial charge in [0.05, 0.1) is 44.6 Å². The molecule has 0 unspecified atom stereocenters. The summed E-state index contributed by atoms with van der Waals surface area (Å²) in [5.74, 6) is -1.12. The Balaban J connectivity index is 1.68. The summed E-state index contributed by atoms with van der Waals surface area (Å²) in [5, 5.41) is 9.00. The summed E-state index contributed by atoms with van der Waals surface area (Å²) in [6.07, 6.45) is -7.61. The number of aryl methyl sites for hydroxylation is 1. The second-order valence-corrected chi connectivity index (χ2v) is 12.4. The lowest BCUT2D eigenvalue weighted by molar-refractivity contribution is -0.274. The zero-order valence-corrected chi connectivity index (χ0v) is 27.3. The van der Waals surface area contributed by atoms with Gasteiger partial charge in [-0.15, -0.1) is 13.2 Å². The number of nitrogens with one attached hydrogen (secondary N) is 3. The molecule has 0 saturated carbocycles. The van der Waals surface area contributed by atoms with Gasteiger partial charge in [0, 0.05) is 31.7 Å². The Morgan fingerprint density at radius 1 is 1.04 bits per heavy atom. The highest BCUT2D eigenvalue weighted by atomic mass is 35.5. The Kier molecular flexibility index (Phi) is 10.5. The predicted molar refractivity (Wildman–Crippen MR) is 172 cm³/mol. The van der Waals surface area contributed by atoms with Gasteiger partial charge in [-0.25, -0.2) is 13.8 Å². The summed E-state index contributed by atoms with van der Waals surface area (Å²) >= 11 is 13.2. The molecular formula is C31H31Cl2F5N6O3. The van der Waals surface area contributed by atoms with Gasteiger partial charge in [0.1, 0.15) is 5.75 Å². The maximum Gasteiger partial charge on any atom is 0.573 e. The number of carbonyl (C=O) groups is 2. The van der Waals surface area contributed by atoms with E-state index in [0.717, 1.165) is 12.1 Å². The molecule has 4 aromatic rings. The van der Waals surface area contributed by atoms with Crippen LogP contribution in [0.15, 0.2) is 48.5 Å². The summed E-state index contributed by atoms with van der Waals surface area (Å²) < 4.78 is 69.9. The highest BCUT2D eigenvalue weighted by molar-refractivity contribution is 6.39. The number of carbonyl (C=O) groups excluding carboxylic acids is 2. The van der Waals surface area contributed by atoms with Crippen LogP contribution in [0.3, 0.4) is 0 Å². The van der Waals surface area contributed by atoms with Gasteiger partial charge in [-0.3, -0.25) is 9.59 Å². The van der Waals surface area contributed by atoms with Crippen molar-refractivity contribution in [1.29, 1.82) is 0 Å². The third-order valence-corrected chi connectivity index (χ3v) is 7.69. The van der Waals surface area contributed by atoms with Crippen LogP contribution in [0.2, 0.25) is 10.0 Å². The average Bonchev–Trinajstić information content (AvgIpc) is 3.27. The molecule has 252 valence electrons. The summed E-state index contributed by atoms with van der Waals surface area (Å²) in [7, 11) is 3.06. The van der Waals surface area contributed by atoms with E-state index in [-0.39, 0.29) is 45.4 Å². The first-order valence-corrected chi connectivity index (χ1v) is 14.8. The molecule has 0 saturated heterocycles. The van der Waals surface area contributed by atoms with Crippen LogP contribution in [0.1, 0.15) is 36.7 Å². The fraction of sp³-hybridized carbons (Fsp3) is 0.323. The van der Waals surface area contributed by atoms with Crippen molar-refractivity contribution in [3.8, 4) is 5.75 Å². The van der Waals surface area contributed by atoms with Crippen molar-refractivity contribution in [2.75, 3.05) is 29.1 Å². The number of fused-ring (bicyclic) bond motifs is 1. The largest absolute Gasteiger partial charge is 0.573 e. The quantitative estimate of drug-likeness (QED) is 0.145. The van der Waals surface area contributed by atoms with Crippen LogP contribution < -0.4 is 25.6 Å². The zero-order chi connectivity index (χ0) is 34.8. The Labute approximate surface area is 277 Å². The molecule has 3 N–H and O–H groups in total. The van der Waals surface area contributed by atoms with E-state index in [1.54, 1.807) is 44.5 Å². The molecule has 0 fully saturated rings. The standard InChI is InChI=1S/C31H31Cl2F5N6O3/c1-30(2,3)28(46)39-14-16-6-11-20(32)26(25(16)33)42-29-41-21-12-19(22(13-23(21)44(29)5)43(4)15-24(34)35)27(45)40-17-7-9-18(10-8-17)47-31(36,37)38/h6-13,24H,14-15H2,1-5H3,(H,39,46)(H,40,45)(H,41,42). The van der Waals surface area contributed by atoms with Crippen molar-refractivity contribution < 1.29 is 36.3 Å². The minimum Gasteiger partial charge on any atom is -0.406 e. The average molecular weight is 702 g/mol. The maximum absolute atomic E-state index is 13.4. The van der Waals surface area contributed by atoms with Crippen molar-refractivity contribution >= 4 is 69.1 Å². The number of anilines is 4. The Morgan fingerprint density at radius 2 is 1.70 bits per heavy atom. The zero-order valence-electron chi connectivity index (χ0n) is 25.8. The maximum atomic E-state index is 13.4. The van der Waals surface area contributed by atoms with E-state index in [4.69, 9.17) is 23.2 Å². The molecule has 4 rings (SSSR count). The molecular weight excluding hydrogens is 670 g/mol. The molecule has 9 nitrogen and oxygen atoms in total. The lowest BCUT2D eigenvalue weighted by atomic mass is 9.95. The number of halogens is 7. The van der Waals surface area contributed by atoms with Crippen LogP contribution in [-0.4, -0.2) is 47.7 Å². The number of ether oxygens (including phenoxy) is 1. The van der Waals surface area contributed by atoms with E-state index >= 15 is 0 Å². The third-order valence-electron chi connectivity index (χ3n) is 6.94. The van der Waals surface area contributed by atoms with Gasteiger partial charge in [-0.2, -0.15) is 0 Å². The fourth-order valence-electron chi connectivity index (χ4n) is 4.48. The smallest absolute Gasteiger partial charge is 0.406 e. The molecule has 2 amide bonds. The van der Waals surface area contributed by atoms with Gasteiger partial charge < -0.3 is 30.2 Å². The molecule has 0 atom stereocenters. The monoisotopic (exact) mass is 700 g/mol. The van der Waals surface area contributed by atoms with Crippen LogP contribution in [0, 0.1) is 5.41 Å². The van der Waals surface area contributed by atoms with Crippen molar-refractivity contribution in [1.82, 2.24) is 14.9 Å². The lowest BCUT2D eigenvalue weighted by Crippen LogP contribution is -2.34. The van der Waals surface area contributed by atoms with Crippen LogP contribution in [-0.2, 0) is 18.4 Å². The van der Waals surface area contributed by atoms with E-state index in [1.165, 1.54) is 36.2 Å². The predicted octanol–water partition coefficient (Wildman–Crippen LogP) is 8.14. The van der Waals surface area contributed by atoms with E-state index in [1.807, 2.05) is 0 Å². The number of hydrogen-bond acceptors (Lipinski definition) is 6. The van der Waals surface area contributed by atoms with Crippen molar-refractivity contribution in [2.24, 2.45) is 12.5 Å². The van der Waals surface area contributed by atoms with E-state index < -0.39 is 36.4 Å². The molecule has 0 bridgehead atoms. The van der Waals surface area contributed by atoms with Gasteiger partial charge in [0.15, 0.2) is 0 Å². The second-order valence-electron chi connectivity index (χ2n) is 11.6. The molecule has 1 aromatic heterocycles. The molecule has 16 heteroatoms. The molecule has 0 aliphatic heterocycles. The third kappa shape index (κ3) is 8.74. The van der Waals surface area contributed by atoms with Crippen molar-refractivity contribution in [3.05, 3.63) is 69.7 Å². The minimum atomic E-state index is -4.88. The summed E-state index contributed by atoms with van der Waals surface area (Å²) in [6.45, 7) is 4.79. The number of nitrogens with zero attached hydrogens (tertiary/aromatic N) is 3. The first kappa shape index (κ1) is 35.6. The highest BCUT2D eigenvalue weighted by Gasteiger charge is 2.31. The SMILES string of the molecule is CN(CC(F)F)c1cc2c(cc1C(=O)Nc1ccc(OC(F)(F)F)cc1)nc(Nc1c(Cl)ccc(CNC(=O)C(C)(C)C)c1Cl)n2C. The fourth-order valence-corrected chi connectivity index (χ4v) is 5.01. The number of rotatable bonds is 10. The van der Waals surface area contributed by atoms with Gasteiger partial charge in [-0.05, 0) is 48.0 Å². The summed E-state index contributed by atoms with van der Waals surface area (Å²) in [5.41, 5.74) is 1.32. The Hall–Kier alpha value is -4.30. The minimum absolute atomic E-state index is 0.0198. The van der Waals surface area contributed by atoms with Gasteiger partial charge >= 0.3 is 6.36 Å². The number of alkyl halides is 5. The van der Waals surface area contributed by atoms with Crippen LogP contribution in [0.5, 0.6) is 5.75 Å². The van der Waals surface area contributed by atoms with E-state index in [9.17, 15) is 31.5 Å². The number of benzene rings is 3. The number of hydrogen-bond donors (Lipinski definition) is 3. The number of aromatic nitrogens is 2. The second kappa shape index (κ2) is 13.8. The van der Waals surface area contributed by atoms with Crippen LogP contribution in [0.25, 0.3) is 11.0 Å². The van der Waals surface area contributed by atoms with E-state index in [2.05, 4.69) is 25.7 Å². The van der Waals surface area contributed by atoms with E-state index in [0.29, 0.717) is 22.3 Å². The summed E-state index contributed by atoms with van der Waals surface area (Å²) in [4.78, 5) is 31.6. The van der Waals surface area contributed by atoms with Gasteiger partial charge in [-0.1, -0.05) is 50.0 Å². The number of amides is 2. The lowest BCUT2D eigenvalue weighted by Gasteiger charge is -2.22. The topological polar surface area (TPSA) is 101 Å². The molecule has 0 aliphatic rings. The summed E-state index contributed by atoms with van der Waals surface area (Å²) in [6, 6.07) is 10.7. The van der Waals surface area contributed by atoms with Gasteiger partial charge in [0.25, 0.3) is 12.3 Å². The number of imidazole rings is 1. The normalized spacial score (nSPS) is 11.9.